The number of hydrogen-bond donors (Lipinski definition) is 2. The fourth-order valence-electron chi connectivity index (χ4n) is 5.59. The van der Waals surface area contributed by atoms with Crippen molar-refractivity contribution < 1.29 is 27.1 Å². The van der Waals surface area contributed by atoms with Crippen LogP contribution in [0.1, 0.15) is 64.7 Å². The van der Waals surface area contributed by atoms with Crippen molar-refractivity contribution in [2.24, 2.45) is 23.7 Å². The van der Waals surface area contributed by atoms with Gasteiger partial charge >= 0.3 is 6.18 Å². The number of ether oxygens (including phenoxy) is 1. The van der Waals surface area contributed by atoms with Gasteiger partial charge in [-0.1, -0.05) is 0 Å². The Morgan fingerprint density at radius 2 is 1.90 bits per heavy atom. The topological polar surface area (TPSA) is 50.4 Å². The largest absolute Gasteiger partial charge is 0.391 e. The third-order valence-corrected chi connectivity index (χ3v) is 7.51. The number of fused-ring (bicyclic) bond motifs is 1. The molecule has 0 aromatic rings. The summed E-state index contributed by atoms with van der Waals surface area (Å²) < 4.78 is 58.3. The minimum absolute atomic E-state index is 0.0598. The SMILES string of the molecule is CC1(F)CC(C(=O)NC2=CNC3CCC(OCC4CCC(C(F)(F)F)CC4)CC23)C1. The van der Waals surface area contributed by atoms with Gasteiger partial charge in [-0.3, -0.25) is 4.79 Å². The van der Waals surface area contributed by atoms with E-state index in [9.17, 15) is 22.4 Å². The van der Waals surface area contributed by atoms with E-state index < -0.39 is 17.8 Å². The first-order valence-electron chi connectivity index (χ1n) is 11.2. The predicted octanol–water partition coefficient (Wildman–Crippen LogP) is 4.61. The fourth-order valence-corrected chi connectivity index (χ4v) is 5.59. The van der Waals surface area contributed by atoms with E-state index in [1.165, 1.54) is 6.92 Å². The number of rotatable bonds is 5. The first kappa shape index (κ1) is 21.9. The molecule has 2 N–H and O–H groups in total. The van der Waals surface area contributed by atoms with E-state index in [2.05, 4.69) is 10.6 Å². The lowest BCUT2D eigenvalue weighted by Gasteiger charge is -2.38. The molecule has 3 atom stereocenters. The number of carbonyl (C=O) groups excluding carboxylic acids is 1. The maximum absolute atomic E-state index is 13.7. The summed E-state index contributed by atoms with van der Waals surface area (Å²) in [6.45, 7) is 2.05. The Kier molecular flexibility index (Phi) is 6.08. The zero-order valence-corrected chi connectivity index (χ0v) is 17.4. The maximum atomic E-state index is 13.7. The number of halogens is 4. The molecule has 3 unspecified atom stereocenters. The summed E-state index contributed by atoms with van der Waals surface area (Å²) in [7, 11) is 0. The van der Waals surface area contributed by atoms with Crippen LogP contribution in [0.3, 0.4) is 0 Å². The summed E-state index contributed by atoms with van der Waals surface area (Å²) in [4.78, 5) is 12.4. The van der Waals surface area contributed by atoms with Crippen molar-refractivity contribution in [3.8, 4) is 0 Å². The van der Waals surface area contributed by atoms with E-state index in [0.717, 1.165) is 25.0 Å². The Balaban J connectivity index is 1.21. The Morgan fingerprint density at radius 1 is 1.20 bits per heavy atom. The lowest BCUT2D eigenvalue weighted by molar-refractivity contribution is -0.185. The molecule has 1 heterocycles. The lowest BCUT2D eigenvalue weighted by Crippen LogP contribution is -2.46. The molecule has 0 spiro atoms. The summed E-state index contributed by atoms with van der Waals surface area (Å²) in [6.07, 6.45) is 2.56. The van der Waals surface area contributed by atoms with Gasteiger partial charge in [-0.2, -0.15) is 13.2 Å². The second-order valence-corrected chi connectivity index (χ2v) is 10.0. The first-order chi connectivity index (χ1) is 14.1. The van der Waals surface area contributed by atoms with E-state index >= 15 is 0 Å². The average Bonchev–Trinajstić information content (AvgIpc) is 3.06. The van der Waals surface area contributed by atoms with E-state index in [4.69, 9.17) is 4.74 Å². The van der Waals surface area contributed by atoms with Gasteiger partial charge in [0.1, 0.15) is 5.67 Å². The summed E-state index contributed by atoms with van der Waals surface area (Å²) in [5, 5.41) is 6.33. The van der Waals surface area contributed by atoms with Crippen LogP contribution in [-0.4, -0.2) is 36.5 Å². The van der Waals surface area contributed by atoms with Crippen LogP contribution in [0.5, 0.6) is 0 Å². The molecule has 4 aliphatic rings. The van der Waals surface area contributed by atoms with Gasteiger partial charge in [0, 0.05) is 36.4 Å². The first-order valence-corrected chi connectivity index (χ1v) is 11.2. The van der Waals surface area contributed by atoms with Crippen LogP contribution in [-0.2, 0) is 9.53 Å². The summed E-state index contributed by atoms with van der Waals surface area (Å²) in [5.41, 5.74) is -0.369. The van der Waals surface area contributed by atoms with Crippen molar-refractivity contribution in [1.82, 2.24) is 10.6 Å². The average molecular weight is 433 g/mol. The van der Waals surface area contributed by atoms with E-state index in [-0.39, 0.29) is 61.5 Å². The van der Waals surface area contributed by atoms with Crippen LogP contribution in [0.15, 0.2) is 11.9 Å². The van der Waals surface area contributed by atoms with Gasteiger partial charge in [0.2, 0.25) is 5.91 Å². The monoisotopic (exact) mass is 432 g/mol. The quantitative estimate of drug-likeness (QED) is 0.624. The molecular formula is C22H32F4N2O2. The van der Waals surface area contributed by atoms with Gasteiger partial charge in [0.15, 0.2) is 0 Å². The number of nitrogens with one attached hydrogen (secondary N) is 2. The molecule has 170 valence electrons. The minimum atomic E-state index is -4.07. The number of amides is 1. The Morgan fingerprint density at radius 3 is 2.53 bits per heavy atom. The van der Waals surface area contributed by atoms with Gasteiger partial charge in [0.25, 0.3) is 0 Å². The minimum Gasteiger partial charge on any atom is -0.386 e. The van der Waals surface area contributed by atoms with Crippen molar-refractivity contribution in [3.05, 3.63) is 11.9 Å². The van der Waals surface area contributed by atoms with Gasteiger partial charge in [-0.15, -0.1) is 0 Å². The Bertz CT molecular complexity index is 663. The van der Waals surface area contributed by atoms with Crippen LogP contribution in [0.25, 0.3) is 0 Å². The van der Waals surface area contributed by atoms with Gasteiger partial charge in [-0.25, -0.2) is 4.39 Å². The van der Waals surface area contributed by atoms with E-state index in [1.54, 1.807) is 0 Å². The highest BCUT2D eigenvalue weighted by molar-refractivity contribution is 5.81. The molecule has 0 radical (unpaired) electrons. The Labute approximate surface area is 175 Å². The molecule has 0 aromatic heterocycles. The second-order valence-electron chi connectivity index (χ2n) is 10.0. The van der Waals surface area contributed by atoms with Crippen LogP contribution < -0.4 is 10.6 Å². The van der Waals surface area contributed by atoms with Crippen molar-refractivity contribution in [3.63, 3.8) is 0 Å². The summed E-state index contributed by atoms with van der Waals surface area (Å²) in [6, 6.07) is 0.273. The van der Waals surface area contributed by atoms with Crippen LogP contribution in [0, 0.1) is 23.7 Å². The third kappa shape index (κ3) is 4.94. The van der Waals surface area contributed by atoms with E-state index in [0.29, 0.717) is 19.4 Å². The molecule has 1 aliphatic heterocycles. The maximum Gasteiger partial charge on any atom is 0.391 e. The molecule has 4 rings (SSSR count). The normalized spacial score (nSPS) is 41.3. The smallest absolute Gasteiger partial charge is 0.386 e. The molecule has 3 saturated carbocycles. The van der Waals surface area contributed by atoms with E-state index in [1.807, 2.05) is 6.20 Å². The van der Waals surface area contributed by atoms with Gasteiger partial charge in [0.05, 0.1) is 12.0 Å². The summed E-state index contributed by atoms with van der Waals surface area (Å²) in [5.74, 6) is -1.17. The molecule has 0 aromatic carbocycles. The number of carbonyl (C=O) groups is 1. The molecule has 0 bridgehead atoms. The highest BCUT2D eigenvalue weighted by Gasteiger charge is 2.46. The van der Waals surface area contributed by atoms with Crippen molar-refractivity contribution >= 4 is 5.91 Å². The highest BCUT2D eigenvalue weighted by atomic mass is 19.4. The Hall–Kier alpha value is -1.31. The number of hydrogen-bond acceptors (Lipinski definition) is 3. The number of alkyl halides is 4. The standard InChI is InChI=1S/C22H32F4N2O2/c1-21(23)9-14(10-21)20(29)28-19-11-27-18-7-6-16(8-17(18)19)30-12-13-2-4-15(5-3-13)22(24,25)26/h11,13-18,27H,2-10,12H2,1H3,(H,28,29). The zero-order valence-electron chi connectivity index (χ0n) is 17.4. The molecule has 3 fully saturated rings. The van der Waals surface area contributed by atoms with Crippen molar-refractivity contribution in [2.75, 3.05) is 6.61 Å². The molecule has 8 heteroatoms. The molecule has 3 aliphatic carbocycles. The summed E-state index contributed by atoms with van der Waals surface area (Å²) >= 11 is 0. The van der Waals surface area contributed by atoms with Crippen LogP contribution in [0.4, 0.5) is 17.6 Å². The van der Waals surface area contributed by atoms with Gasteiger partial charge in [-0.05, 0) is 70.6 Å². The second kappa shape index (κ2) is 8.32. The lowest BCUT2D eigenvalue weighted by atomic mass is 9.73. The molecule has 30 heavy (non-hydrogen) atoms. The highest BCUT2D eigenvalue weighted by Crippen LogP contribution is 2.42. The van der Waals surface area contributed by atoms with Crippen molar-refractivity contribution in [1.29, 1.82) is 0 Å². The van der Waals surface area contributed by atoms with Gasteiger partial charge < -0.3 is 15.4 Å². The molecule has 0 saturated heterocycles. The predicted molar refractivity (Wildman–Crippen MR) is 104 cm³/mol. The van der Waals surface area contributed by atoms with Crippen LogP contribution in [0.2, 0.25) is 0 Å². The van der Waals surface area contributed by atoms with Crippen LogP contribution >= 0.6 is 0 Å². The third-order valence-electron chi connectivity index (χ3n) is 7.51. The fraction of sp³-hybridized carbons (Fsp3) is 0.864. The zero-order chi connectivity index (χ0) is 21.5. The molecular weight excluding hydrogens is 400 g/mol. The molecule has 1 amide bonds. The molecule has 4 nitrogen and oxygen atoms in total. The van der Waals surface area contributed by atoms with Crippen molar-refractivity contribution in [2.45, 2.75) is 88.7 Å².